The fraction of sp³-hybridized carbons (Fsp3) is 0.333. The first kappa shape index (κ1) is 29.6. The lowest BCUT2D eigenvalue weighted by Gasteiger charge is -2.46. The molecule has 2 aromatic carbocycles. The van der Waals surface area contributed by atoms with Gasteiger partial charge in [-0.25, -0.2) is 9.78 Å². The van der Waals surface area contributed by atoms with Gasteiger partial charge in [0, 0.05) is 40.3 Å². The minimum absolute atomic E-state index is 0.0494. The summed E-state index contributed by atoms with van der Waals surface area (Å²) in [5.41, 5.74) is 11.8. The zero-order valence-corrected chi connectivity index (χ0v) is 24.8. The molecule has 1 spiro atoms. The summed E-state index contributed by atoms with van der Waals surface area (Å²) in [6, 6.07) is 16.4. The number of likely N-dealkylation sites (N-methyl/N-ethyl adjacent to an activating group) is 1. The molecule has 3 heterocycles. The molecule has 0 saturated carbocycles. The van der Waals surface area contributed by atoms with E-state index in [2.05, 4.69) is 40.8 Å². The van der Waals surface area contributed by atoms with Gasteiger partial charge < -0.3 is 25.3 Å². The van der Waals surface area contributed by atoms with Crippen LogP contribution >= 0.6 is 11.6 Å². The summed E-state index contributed by atoms with van der Waals surface area (Å²) in [5, 5.41) is 10.8. The van der Waals surface area contributed by atoms with E-state index in [-0.39, 0.29) is 11.3 Å². The number of pyridine rings is 1. The van der Waals surface area contributed by atoms with Gasteiger partial charge in [-0.05, 0) is 79.9 Å². The number of hydrogen-bond acceptors (Lipinski definition) is 6. The van der Waals surface area contributed by atoms with Crippen LogP contribution in [0.1, 0.15) is 49.0 Å². The van der Waals surface area contributed by atoms with Crippen LogP contribution in [0, 0.1) is 5.41 Å². The SMILES string of the molecule is CCN(CC)CC1=C(c2ccc(Cl)cc2)CC2(CC1)COC2.Nc1ccc(C(=O)O)c(Oc2cnc3[nH]ccc3c2)c1. The molecule has 1 saturated heterocycles. The van der Waals surface area contributed by atoms with E-state index < -0.39 is 5.97 Å². The van der Waals surface area contributed by atoms with Crippen molar-refractivity contribution in [1.29, 1.82) is 0 Å². The summed E-state index contributed by atoms with van der Waals surface area (Å²) in [6.07, 6.45) is 6.93. The molecule has 8 nitrogen and oxygen atoms in total. The van der Waals surface area contributed by atoms with Crippen molar-refractivity contribution in [2.45, 2.75) is 33.1 Å². The number of H-pyrrole nitrogens is 1. The Balaban J connectivity index is 0.000000169. The first-order chi connectivity index (χ1) is 20.3. The third kappa shape index (κ3) is 6.78. The molecule has 0 atom stereocenters. The predicted molar refractivity (Wildman–Crippen MR) is 167 cm³/mol. The summed E-state index contributed by atoms with van der Waals surface area (Å²) >= 11 is 6.07. The molecular weight excluding hydrogens is 552 g/mol. The molecule has 2 aliphatic rings. The highest BCUT2D eigenvalue weighted by atomic mass is 35.5. The fourth-order valence-electron chi connectivity index (χ4n) is 5.54. The molecule has 0 bridgehead atoms. The maximum atomic E-state index is 11.2. The number of hydrogen-bond donors (Lipinski definition) is 3. The van der Waals surface area contributed by atoms with Gasteiger partial charge in [0.15, 0.2) is 0 Å². The molecule has 1 fully saturated rings. The van der Waals surface area contributed by atoms with Gasteiger partial charge in [0.05, 0.1) is 19.4 Å². The lowest BCUT2D eigenvalue weighted by atomic mass is 9.69. The number of nitrogen functional groups attached to an aromatic ring is 1. The van der Waals surface area contributed by atoms with Crippen LogP contribution in [0.2, 0.25) is 5.02 Å². The maximum absolute atomic E-state index is 11.2. The van der Waals surface area contributed by atoms with E-state index in [0.29, 0.717) is 16.9 Å². The molecule has 1 aliphatic carbocycles. The Morgan fingerprint density at radius 1 is 1.14 bits per heavy atom. The third-order valence-electron chi connectivity index (χ3n) is 8.09. The van der Waals surface area contributed by atoms with Crippen molar-refractivity contribution in [2.24, 2.45) is 5.41 Å². The molecule has 2 aromatic heterocycles. The lowest BCUT2D eigenvalue weighted by Crippen LogP contribution is -2.44. The van der Waals surface area contributed by atoms with Gasteiger partial charge in [0.25, 0.3) is 0 Å². The Morgan fingerprint density at radius 3 is 2.57 bits per heavy atom. The Bertz CT molecular complexity index is 1570. The van der Waals surface area contributed by atoms with Crippen LogP contribution < -0.4 is 10.5 Å². The Kier molecular flexibility index (Phi) is 9.16. The zero-order chi connectivity index (χ0) is 29.7. The van der Waals surface area contributed by atoms with Crippen LogP contribution in [0.3, 0.4) is 0 Å². The number of nitrogens with two attached hydrogens (primary N) is 1. The van der Waals surface area contributed by atoms with E-state index in [1.54, 1.807) is 17.8 Å². The van der Waals surface area contributed by atoms with Crippen molar-refractivity contribution in [3.63, 3.8) is 0 Å². The third-order valence-corrected chi connectivity index (χ3v) is 8.34. The molecule has 1 aliphatic heterocycles. The minimum Gasteiger partial charge on any atom is -0.478 e. The average molecular weight is 589 g/mol. The van der Waals surface area contributed by atoms with Crippen LogP contribution in [-0.2, 0) is 4.74 Å². The van der Waals surface area contributed by atoms with Crippen LogP contribution in [0.4, 0.5) is 5.69 Å². The van der Waals surface area contributed by atoms with Crippen LogP contribution in [0.15, 0.2) is 72.6 Å². The van der Waals surface area contributed by atoms with Gasteiger partial charge >= 0.3 is 5.97 Å². The van der Waals surface area contributed by atoms with E-state index in [9.17, 15) is 4.79 Å². The molecule has 4 N–H and O–H groups in total. The van der Waals surface area contributed by atoms with Crippen molar-refractivity contribution in [2.75, 3.05) is 38.6 Å². The van der Waals surface area contributed by atoms with E-state index in [1.165, 1.54) is 48.4 Å². The van der Waals surface area contributed by atoms with Gasteiger partial charge in [-0.1, -0.05) is 43.2 Å². The second kappa shape index (κ2) is 13.0. The first-order valence-electron chi connectivity index (χ1n) is 14.3. The quantitative estimate of drug-likeness (QED) is 0.185. The number of rotatable bonds is 8. The van der Waals surface area contributed by atoms with Gasteiger partial charge in [0.2, 0.25) is 0 Å². The number of allylic oxidation sites excluding steroid dienone is 1. The second-order valence-electron chi connectivity index (χ2n) is 11.0. The standard InChI is InChI=1S/C19H26ClNO.C14H11N3O3/c1-3-21(4-2)12-16-9-10-19(13-22-14-19)11-18(16)15-5-7-17(20)8-6-15;15-9-1-2-11(14(18)19)12(6-9)20-10-5-8-3-4-16-13(8)17-7-10/h5-8H,3-4,9-14H2,1-2H3;1-7H,15H2,(H,16,17)(H,18,19). The largest absolute Gasteiger partial charge is 0.478 e. The van der Waals surface area contributed by atoms with Crippen molar-refractivity contribution in [1.82, 2.24) is 14.9 Å². The summed E-state index contributed by atoms with van der Waals surface area (Å²) in [6.45, 7) is 9.68. The summed E-state index contributed by atoms with van der Waals surface area (Å²) in [7, 11) is 0. The number of ether oxygens (including phenoxy) is 2. The van der Waals surface area contributed by atoms with E-state index >= 15 is 0 Å². The normalized spacial score (nSPS) is 15.8. The lowest BCUT2D eigenvalue weighted by molar-refractivity contribution is -0.116. The van der Waals surface area contributed by atoms with Crippen LogP contribution in [0.25, 0.3) is 16.6 Å². The highest BCUT2D eigenvalue weighted by Gasteiger charge is 2.42. The summed E-state index contributed by atoms with van der Waals surface area (Å²) in [4.78, 5) is 20.8. The molecule has 42 heavy (non-hydrogen) atoms. The molecule has 0 unspecified atom stereocenters. The van der Waals surface area contributed by atoms with Crippen molar-refractivity contribution >= 4 is 39.9 Å². The molecular formula is C33H37ClN4O4. The molecule has 9 heteroatoms. The number of fused-ring (bicyclic) bond motifs is 1. The van der Waals surface area contributed by atoms with Crippen LogP contribution in [-0.4, -0.2) is 58.8 Å². The van der Waals surface area contributed by atoms with Gasteiger partial charge in [-0.3, -0.25) is 4.90 Å². The van der Waals surface area contributed by atoms with Gasteiger partial charge in [0.1, 0.15) is 22.7 Å². The highest BCUT2D eigenvalue weighted by molar-refractivity contribution is 6.30. The summed E-state index contributed by atoms with van der Waals surface area (Å²) in [5.74, 6) is -0.435. The molecule has 220 valence electrons. The number of halogens is 1. The van der Waals surface area contributed by atoms with Gasteiger partial charge in [-0.15, -0.1) is 0 Å². The highest BCUT2D eigenvalue weighted by Crippen LogP contribution is 2.48. The number of aromatic amines is 1. The van der Waals surface area contributed by atoms with E-state index in [0.717, 1.165) is 55.3 Å². The number of carbonyl (C=O) groups is 1. The van der Waals surface area contributed by atoms with Crippen molar-refractivity contribution in [3.05, 3.63) is 88.7 Å². The molecule has 0 radical (unpaired) electrons. The zero-order valence-electron chi connectivity index (χ0n) is 24.0. The smallest absolute Gasteiger partial charge is 0.339 e. The van der Waals surface area contributed by atoms with Crippen LogP contribution in [0.5, 0.6) is 11.5 Å². The number of carboxylic acids is 1. The molecule has 0 amide bonds. The average Bonchev–Trinajstić information content (AvgIpc) is 3.44. The Morgan fingerprint density at radius 2 is 1.90 bits per heavy atom. The fourth-order valence-corrected chi connectivity index (χ4v) is 5.67. The van der Waals surface area contributed by atoms with Gasteiger partial charge in [-0.2, -0.15) is 0 Å². The van der Waals surface area contributed by atoms with E-state index in [1.807, 2.05) is 18.2 Å². The second-order valence-corrected chi connectivity index (χ2v) is 11.4. The van der Waals surface area contributed by atoms with Crippen molar-refractivity contribution in [3.8, 4) is 11.5 Å². The minimum atomic E-state index is -1.07. The number of aromatic carboxylic acids is 1. The van der Waals surface area contributed by atoms with Crippen molar-refractivity contribution < 1.29 is 19.4 Å². The Hall–Kier alpha value is -3.85. The number of nitrogens with zero attached hydrogens (tertiary/aromatic N) is 2. The maximum Gasteiger partial charge on any atom is 0.339 e. The summed E-state index contributed by atoms with van der Waals surface area (Å²) < 4.78 is 11.1. The number of nitrogens with one attached hydrogen (secondary N) is 1. The predicted octanol–water partition coefficient (Wildman–Crippen LogP) is 7.27. The molecule has 6 rings (SSSR count). The first-order valence-corrected chi connectivity index (χ1v) is 14.7. The monoisotopic (exact) mass is 588 g/mol. The van der Waals surface area contributed by atoms with E-state index in [4.69, 9.17) is 31.9 Å². The topological polar surface area (TPSA) is 114 Å². The number of carboxylic acid groups (broad SMARTS) is 1. The number of benzene rings is 2. The molecule has 4 aromatic rings. The number of anilines is 1. The Labute approximate surface area is 251 Å². The number of aromatic nitrogens is 2.